The van der Waals surface area contributed by atoms with Crippen LogP contribution in [-0.2, 0) is 4.74 Å². The van der Waals surface area contributed by atoms with Crippen molar-refractivity contribution in [1.29, 1.82) is 0 Å². The largest absolute Gasteiger partial charge is 0.573 e. The predicted molar refractivity (Wildman–Crippen MR) is 62.6 cm³/mol. The highest BCUT2D eigenvalue weighted by atomic mass is 19.4. The molecule has 1 aromatic rings. The highest BCUT2D eigenvalue weighted by Crippen LogP contribution is 2.25. The van der Waals surface area contributed by atoms with Crippen molar-refractivity contribution < 1.29 is 27.8 Å². The zero-order valence-electron chi connectivity index (χ0n) is 10.4. The van der Waals surface area contributed by atoms with Gasteiger partial charge < -0.3 is 20.3 Å². The first-order chi connectivity index (χ1) is 8.81. The van der Waals surface area contributed by atoms with Crippen molar-refractivity contribution in [2.24, 2.45) is 5.73 Å². The number of hydrogen-bond donors (Lipinski definition) is 2. The Bertz CT molecular complexity index is 381. The summed E-state index contributed by atoms with van der Waals surface area (Å²) >= 11 is 0. The molecule has 0 radical (unpaired) electrons. The summed E-state index contributed by atoms with van der Waals surface area (Å²) in [6.07, 6.45) is -5.32. The van der Waals surface area contributed by atoms with E-state index in [1.807, 2.05) is 0 Å². The third-order valence-electron chi connectivity index (χ3n) is 2.41. The molecule has 108 valence electrons. The molecule has 0 amide bonds. The first-order valence-electron chi connectivity index (χ1n) is 5.60. The molecule has 1 aromatic carbocycles. The number of ether oxygens (including phenoxy) is 2. The molecule has 0 aliphatic rings. The minimum Gasteiger partial charge on any atom is -0.406 e. The number of rotatable bonds is 6. The molecule has 19 heavy (non-hydrogen) atoms. The van der Waals surface area contributed by atoms with Crippen molar-refractivity contribution >= 4 is 0 Å². The number of aliphatic hydroxyl groups excluding tert-OH is 1. The van der Waals surface area contributed by atoms with E-state index in [9.17, 15) is 18.3 Å². The SMILES string of the molecule is COCC(N)CC(O)c1ccc(OC(F)(F)F)cc1. The Kier molecular flexibility index (Phi) is 5.59. The third kappa shape index (κ3) is 5.91. The van der Waals surface area contributed by atoms with Crippen LogP contribution in [0.25, 0.3) is 0 Å². The van der Waals surface area contributed by atoms with Gasteiger partial charge in [0.25, 0.3) is 0 Å². The van der Waals surface area contributed by atoms with E-state index in [4.69, 9.17) is 10.5 Å². The molecule has 0 spiro atoms. The molecule has 0 saturated carbocycles. The molecule has 0 saturated heterocycles. The standard InChI is InChI=1S/C12H16F3NO3/c1-18-7-9(16)6-11(17)8-2-4-10(5-3-8)19-12(13,14)15/h2-5,9,11,17H,6-7,16H2,1H3. The van der Waals surface area contributed by atoms with Gasteiger partial charge in [0.15, 0.2) is 0 Å². The second-order valence-electron chi connectivity index (χ2n) is 4.08. The number of aliphatic hydroxyl groups is 1. The molecule has 2 atom stereocenters. The van der Waals surface area contributed by atoms with Crippen LogP contribution in [0.3, 0.4) is 0 Å². The van der Waals surface area contributed by atoms with Gasteiger partial charge in [0.1, 0.15) is 5.75 Å². The molecule has 2 unspecified atom stereocenters. The second-order valence-corrected chi connectivity index (χ2v) is 4.08. The fourth-order valence-electron chi connectivity index (χ4n) is 1.60. The summed E-state index contributed by atoms with van der Waals surface area (Å²) in [7, 11) is 1.50. The molecule has 0 fully saturated rings. The summed E-state index contributed by atoms with van der Waals surface area (Å²) in [6.45, 7) is 0.298. The maximum atomic E-state index is 12.0. The predicted octanol–water partition coefficient (Wildman–Crippen LogP) is 1.98. The Balaban J connectivity index is 2.60. The van der Waals surface area contributed by atoms with Crippen molar-refractivity contribution in [2.45, 2.75) is 24.9 Å². The first-order valence-corrected chi connectivity index (χ1v) is 5.60. The molecular weight excluding hydrogens is 263 g/mol. The Morgan fingerprint density at radius 1 is 1.26 bits per heavy atom. The molecule has 4 nitrogen and oxygen atoms in total. The molecule has 0 aromatic heterocycles. The lowest BCUT2D eigenvalue weighted by molar-refractivity contribution is -0.274. The number of hydrogen-bond acceptors (Lipinski definition) is 4. The lowest BCUT2D eigenvalue weighted by Gasteiger charge is -2.16. The smallest absolute Gasteiger partial charge is 0.406 e. The number of halogens is 3. The van der Waals surface area contributed by atoms with Crippen LogP contribution in [0.5, 0.6) is 5.75 Å². The van der Waals surface area contributed by atoms with Crippen LogP contribution in [-0.4, -0.2) is 31.2 Å². The molecule has 0 aliphatic heterocycles. The van der Waals surface area contributed by atoms with Crippen LogP contribution >= 0.6 is 0 Å². The van der Waals surface area contributed by atoms with Crippen molar-refractivity contribution in [3.63, 3.8) is 0 Å². The Labute approximate surface area is 108 Å². The van der Waals surface area contributed by atoms with Crippen molar-refractivity contribution in [2.75, 3.05) is 13.7 Å². The van der Waals surface area contributed by atoms with Gasteiger partial charge in [-0.3, -0.25) is 0 Å². The number of nitrogens with two attached hydrogens (primary N) is 1. The van der Waals surface area contributed by atoms with E-state index in [0.717, 1.165) is 12.1 Å². The summed E-state index contributed by atoms with van der Waals surface area (Å²) in [4.78, 5) is 0. The Morgan fingerprint density at radius 3 is 2.32 bits per heavy atom. The molecule has 7 heteroatoms. The molecule has 1 rings (SSSR count). The average Bonchev–Trinajstić information content (AvgIpc) is 2.27. The highest BCUT2D eigenvalue weighted by Gasteiger charge is 2.31. The van der Waals surface area contributed by atoms with Gasteiger partial charge in [-0.25, -0.2) is 0 Å². The zero-order valence-corrected chi connectivity index (χ0v) is 10.4. The minimum atomic E-state index is -4.72. The van der Waals surface area contributed by atoms with E-state index in [2.05, 4.69) is 4.74 Å². The highest BCUT2D eigenvalue weighted by molar-refractivity contribution is 5.28. The van der Waals surface area contributed by atoms with Crippen LogP contribution in [0, 0.1) is 0 Å². The van der Waals surface area contributed by atoms with E-state index < -0.39 is 12.5 Å². The monoisotopic (exact) mass is 279 g/mol. The minimum absolute atomic E-state index is 0.257. The van der Waals surface area contributed by atoms with Crippen LogP contribution in [0.15, 0.2) is 24.3 Å². The van der Waals surface area contributed by atoms with E-state index in [-0.39, 0.29) is 18.2 Å². The molecule has 0 bridgehead atoms. The fraction of sp³-hybridized carbons (Fsp3) is 0.500. The molecule has 0 aliphatic carbocycles. The van der Waals surface area contributed by atoms with Gasteiger partial charge in [0.05, 0.1) is 12.7 Å². The average molecular weight is 279 g/mol. The maximum Gasteiger partial charge on any atom is 0.573 e. The molecule has 3 N–H and O–H groups in total. The normalized spacial score (nSPS) is 15.1. The summed E-state index contributed by atoms with van der Waals surface area (Å²) in [5.74, 6) is -0.329. The van der Waals surface area contributed by atoms with Gasteiger partial charge in [-0.2, -0.15) is 0 Å². The van der Waals surface area contributed by atoms with Crippen LogP contribution < -0.4 is 10.5 Å². The van der Waals surface area contributed by atoms with Crippen LogP contribution in [0.1, 0.15) is 18.1 Å². The van der Waals surface area contributed by atoms with Crippen molar-refractivity contribution in [3.8, 4) is 5.75 Å². The van der Waals surface area contributed by atoms with E-state index in [0.29, 0.717) is 12.2 Å². The topological polar surface area (TPSA) is 64.7 Å². The van der Waals surface area contributed by atoms with Crippen LogP contribution in [0.4, 0.5) is 13.2 Å². The summed E-state index contributed by atoms with van der Waals surface area (Å²) in [6, 6.07) is 4.68. The third-order valence-corrected chi connectivity index (χ3v) is 2.41. The van der Waals surface area contributed by atoms with Gasteiger partial charge in [-0.05, 0) is 24.1 Å². The van der Waals surface area contributed by atoms with Gasteiger partial charge >= 0.3 is 6.36 Å². The Hall–Kier alpha value is -1.31. The number of benzene rings is 1. The maximum absolute atomic E-state index is 12.0. The van der Waals surface area contributed by atoms with Gasteiger partial charge in [-0.1, -0.05) is 12.1 Å². The lowest BCUT2D eigenvalue weighted by Crippen LogP contribution is -2.27. The summed E-state index contributed by atoms with van der Waals surface area (Å²) in [5.41, 5.74) is 6.15. The van der Waals surface area contributed by atoms with E-state index >= 15 is 0 Å². The van der Waals surface area contributed by atoms with Crippen molar-refractivity contribution in [3.05, 3.63) is 29.8 Å². The molecular formula is C12H16F3NO3. The number of alkyl halides is 3. The van der Waals surface area contributed by atoms with Gasteiger partial charge in [-0.15, -0.1) is 13.2 Å². The molecule has 0 heterocycles. The summed E-state index contributed by atoms with van der Waals surface area (Å²) < 4.78 is 44.4. The van der Waals surface area contributed by atoms with E-state index in [1.54, 1.807) is 0 Å². The second kappa shape index (κ2) is 6.74. The lowest BCUT2D eigenvalue weighted by atomic mass is 10.0. The van der Waals surface area contributed by atoms with E-state index in [1.165, 1.54) is 19.2 Å². The quantitative estimate of drug-likeness (QED) is 0.835. The Morgan fingerprint density at radius 2 is 1.84 bits per heavy atom. The van der Waals surface area contributed by atoms with Gasteiger partial charge in [0.2, 0.25) is 0 Å². The summed E-state index contributed by atoms with van der Waals surface area (Å²) in [5, 5.41) is 9.84. The van der Waals surface area contributed by atoms with Crippen LogP contribution in [0.2, 0.25) is 0 Å². The zero-order chi connectivity index (χ0) is 14.5. The fourth-order valence-corrected chi connectivity index (χ4v) is 1.60. The first kappa shape index (κ1) is 15.7. The van der Waals surface area contributed by atoms with Gasteiger partial charge in [0, 0.05) is 13.2 Å². The van der Waals surface area contributed by atoms with Crippen molar-refractivity contribution in [1.82, 2.24) is 0 Å². The number of methoxy groups -OCH3 is 1.